The third-order valence-electron chi connectivity index (χ3n) is 4.36. The second-order valence-electron chi connectivity index (χ2n) is 5.79. The molecule has 1 atom stereocenters. The monoisotopic (exact) mass is 326 g/mol. The van der Waals surface area contributed by atoms with E-state index < -0.39 is 0 Å². The fourth-order valence-electron chi connectivity index (χ4n) is 3.09. The average molecular weight is 326 g/mol. The molecule has 0 saturated carbocycles. The Bertz CT molecular complexity index is 701. The molecule has 23 heavy (non-hydrogen) atoms. The van der Waals surface area contributed by atoms with Crippen molar-refractivity contribution >= 4 is 29.0 Å². The number of anilines is 2. The van der Waals surface area contributed by atoms with Gasteiger partial charge in [0.15, 0.2) is 0 Å². The number of carbonyl (C=O) groups excluding carboxylic acids is 1. The predicted molar refractivity (Wildman–Crippen MR) is 98.4 cm³/mol. The standard InChI is InChI=1S/C19H22N2OS/c1-14(19(22)20-16-10-4-6-12-18(16)23-2)21-13-7-9-15-8-3-5-11-17(15)21/h3-6,8,10-12,14H,7,9,13H2,1-2H3,(H,20,22). The third-order valence-corrected chi connectivity index (χ3v) is 5.15. The minimum Gasteiger partial charge on any atom is -0.360 e. The average Bonchev–Trinajstić information content (AvgIpc) is 2.61. The van der Waals surface area contributed by atoms with Crippen LogP contribution in [0.1, 0.15) is 18.9 Å². The topological polar surface area (TPSA) is 32.3 Å². The maximum Gasteiger partial charge on any atom is 0.246 e. The Labute approximate surface area is 142 Å². The van der Waals surface area contributed by atoms with Crippen molar-refractivity contribution in [3.8, 4) is 0 Å². The molecule has 0 aromatic heterocycles. The van der Waals surface area contributed by atoms with Crippen molar-refractivity contribution in [1.82, 2.24) is 0 Å². The fourth-order valence-corrected chi connectivity index (χ4v) is 3.65. The number of amides is 1. The van der Waals surface area contributed by atoms with Gasteiger partial charge in [0.1, 0.15) is 6.04 Å². The normalized spacial score (nSPS) is 15.0. The van der Waals surface area contributed by atoms with Crippen LogP contribution in [-0.2, 0) is 11.2 Å². The quantitative estimate of drug-likeness (QED) is 0.855. The van der Waals surface area contributed by atoms with Crippen LogP contribution in [0.2, 0.25) is 0 Å². The number of aryl methyl sites for hydroxylation is 1. The van der Waals surface area contributed by atoms with Gasteiger partial charge in [-0.3, -0.25) is 4.79 Å². The number of hydrogen-bond donors (Lipinski definition) is 1. The number of nitrogens with one attached hydrogen (secondary N) is 1. The van der Waals surface area contributed by atoms with Gasteiger partial charge in [-0.1, -0.05) is 30.3 Å². The summed E-state index contributed by atoms with van der Waals surface area (Å²) < 4.78 is 0. The zero-order valence-electron chi connectivity index (χ0n) is 13.6. The first-order chi connectivity index (χ1) is 11.2. The van der Waals surface area contributed by atoms with E-state index in [2.05, 4.69) is 28.4 Å². The first-order valence-corrected chi connectivity index (χ1v) is 9.21. The maximum absolute atomic E-state index is 12.7. The molecule has 3 nitrogen and oxygen atoms in total. The van der Waals surface area contributed by atoms with Crippen molar-refractivity contribution in [3.63, 3.8) is 0 Å². The van der Waals surface area contributed by atoms with E-state index in [1.165, 1.54) is 11.3 Å². The summed E-state index contributed by atoms with van der Waals surface area (Å²) in [5.41, 5.74) is 3.42. The number of benzene rings is 2. The summed E-state index contributed by atoms with van der Waals surface area (Å²) >= 11 is 1.64. The fraction of sp³-hybridized carbons (Fsp3) is 0.316. The number of para-hydroxylation sites is 2. The van der Waals surface area contributed by atoms with Crippen molar-refractivity contribution in [2.24, 2.45) is 0 Å². The van der Waals surface area contributed by atoms with E-state index in [0.29, 0.717) is 0 Å². The van der Waals surface area contributed by atoms with Crippen LogP contribution in [0.5, 0.6) is 0 Å². The Kier molecular flexibility index (Phi) is 4.91. The Morgan fingerprint density at radius 1 is 1.17 bits per heavy atom. The molecular formula is C19H22N2OS. The summed E-state index contributed by atoms with van der Waals surface area (Å²) in [6.07, 6.45) is 4.21. The van der Waals surface area contributed by atoms with Crippen LogP contribution in [0.25, 0.3) is 0 Å². The Morgan fingerprint density at radius 3 is 2.74 bits per heavy atom. The first kappa shape index (κ1) is 15.9. The highest BCUT2D eigenvalue weighted by Crippen LogP contribution is 2.29. The van der Waals surface area contributed by atoms with Crippen molar-refractivity contribution < 1.29 is 4.79 Å². The lowest BCUT2D eigenvalue weighted by Crippen LogP contribution is -2.44. The predicted octanol–water partition coefficient (Wildman–Crippen LogP) is 4.19. The lowest BCUT2D eigenvalue weighted by molar-refractivity contribution is -0.117. The highest BCUT2D eigenvalue weighted by Gasteiger charge is 2.26. The van der Waals surface area contributed by atoms with Crippen LogP contribution >= 0.6 is 11.8 Å². The molecule has 1 heterocycles. The molecule has 1 unspecified atom stereocenters. The van der Waals surface area contributed by atoms with Crippen LogP contribution in [0.3, 0.4) is 0 Å². The molecule has 0 aliphatic carbocycles. The summed E-state index contributed by atoms with van der Waals surface area (Å²) in [7, 11) is 0. The van der Waals surface area contributed by atoms with Gasteiger partial charge in [-0.05, 0) is 49.8 Å². The second kappa shape index (κ2) is 7.09. The number of fused-ring (bicyclic) bond motifs is 1. The van der Waals surface area contributed by atoms with E-state index in [-0.39, 0.29) is 11.9 Å². The molecular weight excluding hydrogens is 304 g/mol. The molecule has 1 aliphatic rings. The molecule has 3 rings (SSSR count). The molecule has 0 saturated heterocycles. The van der Waals surface area contributed by atoms with Crippen molar-refractivity contribution in [2.45, 2.75) is 30.7 Å². The molecule has 2 aromatic rings. The van der Waals surface area contributed by atoms with Crippen LogP contribution in [0, 0.1) is 0 Å². The highest BCUT2D eigenvalue weighted by atomic mass is 32.2. The minimum atomic E-state index is -0.189. The van der Waals surface area contributed by atoms with E-state index in [1.54, 1.807) is 11.8 Å². The summed E-state index contributed by atoms with van der Waals surface area (Å²) in [4.78, 5) is 16.0. The number of thioether (sulfide) groups is 1. The lowest BCUT2D eigenvalue weighted by Gasteiger charge is -2.35. The van der Waals surface area contributed by atoms with Gasteiger partial charge in [-0.15, -0.1) is 11.8 Å². The minimum absolute atomic E-state index is 0.0446. The van der Waals surface area contributed by atoms with Gasteiger partial charge in [-0.2, -0.15) is 0 Å². The largest absolute Gasteiger partial charge is 0.360 e. The van der Waals surface area contributed by atoms with Crippen molar-refractivity contribution in [2.75, 3.05) is 23.0 Å². The first-order valence-electron chi connectivity index (χ1n) is 7.99. The molecule has 2 aromatic carbocycles. The molecule has 0 bridgehead atoms. The molecule has 0 spiro atoms. The van der Waals surface area contributed by atoms with Gasteiger partial charge in [0, 0.05) is 17.1 Å². The zero-order chi connectivity index (χ0) is 16.2. The Balaban J connectivity index is 1.78. The number of carbonyl (C=O) groups is 1. The van der Waals surface area contributed by atoms with Crippen LogP contribution in [-0.4, -0.2) is 24.7 Å². The maximum atomic E-state index is 12.7. The van der Waals surface area contributed by atoms with E-state index in [1.807, 2.05) is 43.5 Å². The van der Waals surface area contributed by atoms with Gasteiger partial charge in [0.2, 0.25) is 5.91 Å². The van der Waals surface area contributed by atoms with E-state index in [0.717, 1.165) is 30.0 Å². The SMILES string of the molecule is CSc1ccccc1NC(=O)C(C)N1CCCc2ccccc21. The smallest absolute Gasteiger partial charge is 0.246 e. The summed E-state index contributed by atoms with van der Waals surface area (Å²) in [6.45, 7) is 2.91. The molecule has 0 fully saturated rings. The number of rotatable bonds is 4. The van der Waals surface area contributed by atoms with Crippen molar-refractivity contribution in [3.05, 3.63) is 54.1 Å². The molecule has 4 heteroatoms. The van der Waals surface area contributed by atoms with Crippen molar-refractivity contribution in [1.29, 1.82) is 0 Å². The van der Waals surface area contributed by atoms with Gasteiger partial charge in [-0.25, -0.2) is 0 Å². The molecule has 0 radical (unpaired) electrons. The van der Waals surface area contributed by atoms with Gasteiger partial charge in [0.05, 0.1) is 5.69 Å². The summed E-state index contributed by atoms with van der Waals surface area (Å²) in [5, 5.41) is 3.09. The summed E-state index contributed by atoms with van der Waals surface area (Å²) in [6, 6.07) is 16.1. The molecule has 120 valence electrons. The van der Waals surface area contributed by atoms with Gasteiger partial charge >= 0.3 is 0 Å². The van der Waals surface area contributed by atoms with Crippen LogP contribution < -0.4 is 10.2 Å². The second-order valence-corrected chi connectivity index (χ2v) is 6.64. The third kappa shape index (κ3) is 3.37. The number of nitrogens with zero attached hydrogens (tertiary/aromatic N) is 1. The summed E-state index contributed by atoms with van der Waals surface area (Å²) in [5.74, 6) is 0.0446. The number of hydrogen-bond acceptors (Lipinski definition) is 3. The van der Waals surface area contributed by atoms with Gasteiger partial charge in [0.25, 0.3) is 0 Å². The highest BCUT2D eigenvalue weighted by molar-refractivity contribution is 7.98. The molecule has 1 amide bonds. The molecule has 1 N–H and O–H groups in total. The van der Waals surface area contributed by atoms with Crippen LogP contribution in [0.4, 0.5) is 11.4 Å². The zero-order valence-corrected chi connectivity index (χ0v) is 14.4. The van der Waals surface area contributed by atoms with E-state index in [4.69, 9.17) is 0 Å². The lowest BCUT2D eigenvalue weighted by atomic mass is 10.00. The van der Waals surface area contributed by atoms with Crippen LogP contribution in [0.15, 0.2) is 53.4 Å². The molecule has 1 aliphatic heterocycles. The van der Waals surface area contributed by atoms with Gasteiger partial charge < -0.3 is 10.2 Å². The van der Waals surface area contributed by atoms with E-state index >= 15 is 0 Å². The Morgan fingerprint density at radius 2 is 1.91 bits per heavy atom. The van der Waals surface area contributed by atoms with E-state index in [9.17, 15) is 4.79 Å². The Hall–Kier alpha value is -1.94.